The van der Waals surface area contributed by atoms with E-state index in [4.69, 9.17) is 4.42 Å². The summed E-state index contributed by atoms with van der Waals surface area (Å²) in [5.74, 6) is 0. The van der Waals surface area contributed by atoms with Crippen LogP contribution in [0, 0.1) is 0 Å². The van der Waals surface area contributed by atoms with Crippen molar-refractivity contribution in [2.45, 2.75) is 39.5 Å². The summed E-state index contributed by atoms with van der Waals surface area (Å²) in [5, 5.41) is 1.22. The molecule has 0 saturated carbocycles. The molecule has 0 bridgehead atoms. The molecule has 0 spiro atoms. The van der Waals surface area contributed by atoms with E-state index in [2.05, 4.69) is 39.8 Å². The van der Waals surface area contributed by atoms with E-state index in [0.717, 1.165) is 12.0 Å². The van der Waals surface area contributed by atoms with E-state index in [9.17, 15) is 0 Å². The SMILES string of the molecule is CCc1cc(C(C)(C)C)c2occc2c1. The molecular formula is C14H18O. The van der Waals surface area contributed by atoms with Crippen LogP contribution in [0.25, 0.3) is 11.0 Å². The first-order valence-electron chi connectivity index (χ1n) is 5.53. The van der Waals surface area contributed by atoms with Gasteiger partial charge >= 0.3 is 0 Å². The highest BCUT2D eigenvalue weighted by molar-refractivity contribution is 5.82. The van der Waals surface area contributed by atoms with Gasteiger partial charge in [-0.3, -0.25) is 0 Å². The van der Waals surface area contributed by atoms with Gasteiger partial charge < -0.3 is 4.42 Å². The van der Waals surface area contributed by atoms with E-state index in [-0.39, 0.29) is 5.41 Å². The Hall–Kier alpha value is -1.24. The quantitative estimate of drug-likeness (QED) is 0.672. The van der Waals surface area contributed by atoms with Crippen molar-refractivity contribution in [1.29, 1.82) is 0 Å². The Morgan fingerprint density at radius 1 is 1.20 bits per heavy atom. The van der Waals surface area contributed by atoms with E-state index in [1.807, 2.05) is 6.07 Å². The topological polar surface area (TPSA) is 13.1 Å². The third-order valence-electron chi connectivity index (χ3n) is 2.83. The molecule has 0 amide bonds. The lowest BCUT2D eigenvalue weighted by Gasteiger charge is -2.20. The van der Waals surface area contributed by atoms with Crippen molar-refractivity contribution in [2.24, 2.45) is 0 Å². The maximum absolute atomic E-state index is 5.58. The van der Waals surface area contributed by atoms with Gasteiger partial charge in [-0.15, -0.1) is 0 Å². The number of rotatable bonds is 1. The number of benzene rings is 1. The maximum atomic E-state index is 5.58. The van der Waals surface area contributed by atoms with Crippen LogP contribution in [0.3, 0.4) is 0 Å². The lowest BCUT2D eigenvalue weighted by atomic mass is 9.85. The summed E-state index contributed by atoms with van der Waals surface area (Å²) in [6.07, 6.45) is 2.85. The summed E-state index contributed by atoms with van der Waals surface area (Å²) in [6, 6.07) is 6.53. The van der Waals surface area contributed by atoms with Gasteiger partial charge in [0.1, 0.15) is 5.58 Å². The van der Waals surface area contributed by atoms with E-state index in [1.54, 1.807) is 6.26 Å². The number of furan rings is 1. The van der Waals surface area contributed by atoms with Gasteiger partial charge in [0.25, 0.3) is 0 Å². The molecule has 0 radical (unpaired) electrons. The predicted octanol–water partition coefficient (Wildman–Crippen LogP) is 4.29. The molecule has 0 unspecified atom stereocenters. The minimum absolute atomic E-state index is 0.140. The zero-order chi connectivity index (χ0) is 11.1. The van der Waals surface area contributed by atoms with Gasteiger partial charge in [0, 0.05) is 10.9 Å². The molecule has 0 aliphatic rings. The van der Waals surface area contributed by atoms with Crippen LogP contribution in [-0.4, -0.2) is 0 Å². The van der Waals surface area contributed by atoms with E-state index < -0.39 is 0 Å². The van der Waals surface area contributed by atoms with Crippen LogP contribution in [0.5, 0.6) is 0 Å². The van der Waals surface area contributed by atoms with Crippen LogP contribution in [0.2, 0.25) is 0 Å². The Balaban J connectivity index is 2.74. The first-order valence-corrected chi connectivity index (χ1v) is 5.53. The molecule has 2 rings (SSSR count). The molecule has 2 aromatic rings. The van der Waals surface area contributed by atoms with Crippen LogP contribution < -0.4 is 0 Å². The molecule has 0 atom stereocenters. The Kier molecular flexibility index (Phi) is 2.34. The van der Waals surface area contributed by atoms with Crippen LogP contribution in [0.15, 0.2) is 28.9 Å². The van der Waals surface area contributed by atoms with Gasteiger partial charge in [0.05, 0.1) is 6.26 Å². The molecular weight excluding hydrogens is 184 g/mol. The van der Waals surface area contributed by atoms with Crippen molar-refractivity contribution in [3.8, 4) is 0 Å². The predicted molar refractivity (Wildman–Crippen MR) is 64.3 cm³/mol. The van der Waals surface area contributed by atoms with Gasteiger partial charge in [-0.25, -0.2) is 0 Å². The third kappa shape index (κ3) is 1.79. The lowest BCUT2D eigenvalue weighted by Crippen LogP contribution is -2.11. The minimum Gasteiger partial charge on any atom is -0.464 e. The van der Waals surface area contributed by atoms with Crippen molar-refractivity contribution in [1.82, 2.24) is 0 Å². The largest absolute Gasteiger partial charge is 0.464 e. The number of hydrogen-bond acceptors (Lipinski definition) is 1. The molecule has 15 heavy (non-hydrogen) atoms. The summed E-state index contributed by atoms with van der Waals surface area (Å²) in [7, 11) is 0. The molecule has 1 heterocycles. The third-order valence-corrected chi connectivity index (χ3v) is 2.83. The second kappa shape index (κ2) is 3.41. The summed E-state index contributed by atoms with van der Waals surface area (Å²) in [4.78, 5) is 0. The molecule has 0 aliphatic carbocycles. The number of fused-ring (bicyclic) bond motifs is 1. The van der Waals surface area contributed by atoms with E-state index in [1.165, 1.54) is 16.5 Å². The zero-order valence-corrected chi connectivity index (χ0v) is 9.92. The summed E-state index contributed by atoms with van der Waals surface area (Å²) < 4.78 is 5.58. The standard InChI is InChI=1S/C14H18O/c1-5-10-8-11-6-7-15-13(11)12(9-10)14(2,3)4/h6-9H,5H2,1-4H3. The summed E-state index contributed by atoms with van der Waals surface area (Å²) in [6.45, 7) is 8.87. The average Bonchev–Trinajstić information content (AvgIpc) is 2.61. The zero-order valence-electron chi connectivity index (χ0n) is 9.92. The van der Waals surface area contributed by atoms with Gasteiger partial charge in [0.2, 0.25) is 0 Å². The first-order chi connectivity index (χ1) is 7.02. The number of aryl methyl sites for hydroxylation is 1. The molecule has 1 nitrogen and oxygen atoms in total. The fraction of sp³-hybridized carbons (Fsp3) is 0.429. The lowest BCUT2D eigenvalue weighted by molar-refractivity contribution is 0.558. The van der Waals surface area contributed by atoms with Gasteiger partial charge in [0.15, 0.2) is 0 Å². The van der Waals surface area contributed by atoms with Crippen LogP contribution in [-0.2, 0) is 11.8 Å². The van der Waals surface area contributed by atoms with Crippen molar-refractivity contribution in [3.63, 3.8) is 0 Å². The highest BCUT2D eigenvalue weighted by Crippen LogP contribution is 2.32. The molecule has 0 fully saturated rings. The van der Waals surface area contributed by atoms with Crippen molar-refractivity contribution in [2.75, 3.05) is 0 Å². The first kappa shape index (κ1) is 10.3. The van der Waals surface area contributed by atoms with Crippen LogP contribution in [0.1, 0.15) is 38.8 Å². The van der Waals surface area contributed by atoms with Gasteiger partial charge in [-0.2, -0.15) is 0 Å². The van der Waals surface area contributed by atoms with Gasteiger partial charge in [-0.05, 0) is 29.5 Å². The number of hydrogen-bond donors (Lipinski definition) is 0. The van der Waals surface area contributed by atoms with Crippen LogP contribution >= 0.6 is 0 Å². The molecule has 0 aliphatic heterocycles. The molecule has 1 heteroatoms. The van der Waals surface area contributed by atoms with E-state index in [0.29, 0.717) is 0 Å². The molecule has 80 valence electrons. The molecule has 1 aromatic carbocycles. The summed E-state index contributed by atoms with van der Waals surface area (Å²) >= 11 is 0. The molecule has 0 saturated heterocycles. The fourth-order valence-electron chi connectivity index (χ4n) is 1.91. The second-order valence-corrected chi connectivity index (χ2v) is 5.09. The highest BCUT2D eigenvalue weighted by atomic mass is 16.3. The fourth-order valence-corrected chi connectivity index (χ4v) is 1.91. The minimum atomic E-state index is 0.140. The normalized spacial score (nSPS) is 12.3. The summed E-state index contributed by atoms with van der Waals surface area (Å²) in [5.41, 5.74) is 3.87. The second-order valence-electron chi connectivity index (χ2n) is 5.09. The molecule has 0 N–H and O–H groups in total. The highest BCUT2D eigenvalue weighted by Gasteiger charge is 2.19. The van der Waals surface area contributed by atoms with E-state index >= 15 is 0 Å². The Bertz CT molecular complexity index is 472. The van der Waals surface area contributed by atoms with Crippen molar-refractivity contribution in [3.05, 3.63) is 35.6 Å². The van der Waals surface area contributed by atoms with Gasteiger partial charge in [-0.1, -0.05) is 33.8 Å². The smallest absolute Gasteiger partial charge is 0.137 e. The average molecular weight is 202 g/mol. The van der Waals surface area contributed by atoms with Crippen molar-refractivity contribution >= 4 is 11.0 Å². The maximum Gasteiger partial charge on any atom is 0.137 e. The van der Waals surface area contributed by atoms with Crippen molar-refractivity contribution < 1.29 is 4.42 Å². The monoisotopic (exact) mass is 202 g/mol. The Morgan fingerprint density at radius 2 is 1.93 bits per heavy atom. The van der Waals surface area contributed by atoms with Crippen LogP contribution in [0.4, 0.5) is 0 Å². The molecule has 1 aromatic heterocycles. The Labute approximate surface area is 91.1 Å². The Morgan fingerprint density at radius 3 is 2.53 bits per heavy atom.